The van der Waals surface area contributed by atoms with Crippen LogP contribution in [0.2, 0.25) is 0 Å². The number of esters is 2. The molecule has 0 saturated carbocycles. The minimum absolute atomic E-state index is 0.193. The van der Waals surface area contributed by atoms with Gasteiger partial charge in [0, 0.05) is 0 Å². The van der Waals surface area contributed by atoms with Crippen LogP contribution in [0.5, 0.6) is 0 Å². The topological polar surface area (TPSA) is 43.4 Å². The van der Waals surface area contributed by atoms with Gasteiger partial charge in [-0.2, -0.15) is 0 Å². The zero-order valence-corrected chi connectivity index (χ0v) is 6.87. The summed E-state index contributed by atoms with van der Waals surface area (Å²) in [6, 6.07) is 0. The lowest BCUT2D eigenvalue weighted by Gasteiger charge is -2.16. The van der Waals surface area contributed by atoms with Crippen LogP contribution in [0, 0.1) is 11.8 Å². The number of allylic oxidation sites excluding steroid dienone is 1. The largest absolute Gasteiger partial charge is 0.392 e. The monoisotopic (exact) mass is 166 g/mol. The maximum absolute atomic E-state index is 11.1. The summed E-state index contributed by atoms with van der Waals surface area (Å²) in [6.45, 7) is 1.98. The second-order valence-electron chi connectivity index (χ2n) is 3.42. The molecule has 1 aliphatic carbocycles. The van der Waals surface area contributed by atoms with Gasteiger partial charge in [-0.25, -0.2) is 0 Å². The van der Waals surface area contributed by atoms with Crippen molar-refractivity contribution in [2.24, 2.45) is 11.8 Å². The van der Waals surface area contributed by atoms with Gasteiger partial charge in [0.2, 0.25) is 0 Å². The molecule has 0 spiro atoms. The molecule has 0 aromatic heterocycles. The van der Waals surface area contributed by atoms with Gasteiger partial charge in [-0.05, 0) is 19.8 Å². The average Bonchev–Trinajstić information content (AvgIpc) is 2.28. The van der Waals surface area contributed by atoms with Crippen molar-refractivity contribution < 1.29 is 14.3 Å². The molecule has 1 heterocycles. The first kappa shape index (κ1) is 7.53. The summed E-state index contributed by atoms with van der Waals surface area (Å²) in [4.78, 5) is 22.1. The Labute approximate surface area is 70.4 Å². The minimum atomic E-state index is -0.371. The summed E-state index contributed by atoms with van der Waals surface area (Å²) in [5.74, 6) is -1.19. The first-order valence-corrected chi connectivity index (χ1v) is 4.11. The van der Waals surface area contributed by atoms with E-state index in [0.717, 1.165) is 12.8 Å². The Morgan fingerprint density at radius 3 is 2.92 bits per heavy atom. The molecule has 0 aromatic rings. The van der Waals surface area contributed by atoms with Gasteiger partial charge in [0.1, 0.15) is 0 Å². The summed E-state index contributed by atoms with van der Waals surface area (Å²) >= 11 is 0. The maximum atomic E-state index is 11.1. The molecule has 2 atom stereocenters. The molecule has 12 heavy (non-hydrogen) atoms. The molecule has 0 unspecified atom stereocenters. The zero-order chi connectivity index (χ0) is 8.72. The van der Waals surface area contributed by atoms with Gasteiger partial charge in [-0.1, -0.05) is 11.6 Å². The quantitative estimate of drug-likeness (QED) is 0.307. The molecule has 3 heteroatoms. The maximum Gasteiger partial charge on any atom is 0.321 e. The van der Waals surface area contributed by atoms with Crippen LogP contribution >= 0.6 is 0 Å². The van der Waals surface area contributed by atoms with Gasteiger partial charge in [0.05, 0.1) is 11.8 Å². The van der Waals surface area contributed by atoms with Crippen LogP contribution in [-0.2, 0) is 14.3 Å². The molecule has 0 radical (unpaired) electrons. The van der Waals surface area contributed by atoms with Crippen molar-refractivity contribution in [2.75, 3.05) is 0 Å². The van der Waals surface area contributed by atoms with Crippen molar-refractivity contribution in [3.63, 3.8) is 0 Å². The van der Waals surface area contributed by atoms with E-state index in [0.29, 0.717) is 0 Å². The van der Waals surface area contributed by atoms with Gasteiger partial charge < -0.3 is 4.74 Å². The lowest BCUT2D eigenvalue weighted by Crippen LogP contribution is -2.19. The molecule has 2 aliphatic rings. The summed E-state index contributed by atoms with van der Waals surface area (Å²) in [7, 11) is 0. The van der Waals surface area contributed by atoms with Crippen molar-refractivity contribution in [1.82, 2.24) is 0 Å². The van der Waals surface area contributed by atoms with E-state index in [1.807, 2.05) is 13.0 Å². The van der Waals surface area contributed by atoms with Crippen LogP contribution in [0.4, 0.5) is 0 Å². The van der Waals surface area contributed by atoms with Crippen molar-refractivity contribution in [3.8, 4) is 0 Å². The van der Waals surface area contributed by atoms with Crippen LogP contribution in [0.1, 0.15) is 19.8 Å². The van der Waals surface area contributed by atoms with E-state index < -0.39 is 0 Å². The molecule has 0 bridgehead atoms. The zero-order valence-electron chi connectivity index (χ0n) is 6.87. The predicted molar refractivity (Wildman–Crippen MR) is 41.1 cm³/mol. The fourth-order valence-corrected chi connectivity index (χ4v) is 1.81. The highest BCUT2D eigenvalue weighted by Crippen LogP contribution is 2.34. The molecular formula is C9H10O3. The molecule has 0 aromatic carbocycles. The van der Waals surface area contributed by atoms with Crippen LogP contribution in [0.3, 0.4) is 0 Å². The van der Waals surface area contributed by atoms with Crippen LogP contribution in [0.25, 0.3) is 0 Å². The van der Waals surface area contributed by atoms with Crippen LogP contribution in [0.15, 0.2) is 11.6 Å². The Hall–Kier alpha value is -1.12. The fraction of sp³-hybridized carbons (Fsp3) is 0.556. The third-order valence-corrected chi connectivity index (χ3v) is 2.52. The molecule has 1 saturated heterocycles. The van der Waals surface area contributed by atoms with E-state index in [1.54, 1.807) is 0 Å². The van der Waals surface area contributed by atoms with Crippen molar-refractivity contribution >= 4 is 11.9 Å². The normalized spacial score (nSPS) is 34.2. The Morgan fingerprint density at radius 2 is 2.17 bits per heavy atom. The Balaban J connectivity index is 2.32. The highest BCUT2D eigenvalue weighted by Gasteiger charge is 2.44. The number of rotatable bonds is 0. The summed E-state index contributed by atoms with van der Waals surface area (Å²) < 4.78 is 4.53. The molecule has 0 amide bonds. The number of hydrogen-bond donors (Lipinski definition) is 0. The molecule has 1 fully saturated rings. The lowest BCUT2D eigenvalue weighted by molar-refractivity contribution is -0.153. The van der Waals surface area contributed by atoms with Crippen molar-refractivity contribution in [1.29, 1.82) is 0 Å². The van der Waals surface area contributed by atoms with Crippen LogP contribution in [-0.4, -0.2) is 11.9 Å². The van der Waals surface area contributed by atoms with Gasteiger partial charge in [0.25, 0.3) is 0 Å². The highest BCUT2D eigenvalue weighted by atomic mass is 16.6. The summed E-state index contributed by atoms with van der Waals surface area (Å²) in [5, 5.41) is 0. The van der Waals surface area contributed by atoms with Gasteiger partial charge in [0.15, 0.2) is 0 Å². The fourth-order valence-electron chi connectivity index (χ4n) is 1.81. The summed E-state index contributed by atoms with van der Waals surface area (Å²) in [6.07, 6.45) is 3.53. The van der Waals surface area contributed by atoms with Gasteiger partial charge >= 0.3 is 11.9 Å². The van der Waals surface area contributed by atoms with E-state index in [-0.39, 0.29) is 23.8 Å². The molecule has 1 aliphatic heterocycles. The van der Waals surface area contributed by atoms with E-state index >= 15 is 0 Å². The molecular weight excluding hydrogens is 156 g/mol. The second-order valence-corrected chi connectivity index (χ2v) is 3.42. The van der Waals surface area contributed by atoms with Gasteiger partial charge in [-0.3, -0.25) is 9.59 Å². The Bertz CT molecular complexity index is 277. The minimum Gasteiger partial charge on any atom is -0.392 e. The molecule has 3 nitrogen and oxygen atoms in total. The van der Waals surface area contributed by atoms with Crippen LogP contribution < -0.4 is 0 Å². The number of hydrogen-bond acceptors (Lipinski definition) is 3. The smallest absolute Gasteiger partial charge is 0.321 e. The Kier molecular flexibility index (Phi) is 1.53. The highest BCUT2D eigenvalue weighted by molar-refractivity contribution is 5.97. The van der Waals surface area contributed by atoms with Crippen molar-refractivity contribution in [2.45, 2.75) is 19.8 Å². The standard InChI is InChI=1S/C9H10O3/c1-5-2-3-6-7(4-5)9(11)12-8(6)10/h4,6-7H,2-3H2,1H3/t6-,7+/m1/s1. The third-order valence-electron chi connectivity index (χ3n) is 2.52. The first-order valence-electron chi connectivity index (χ1n) is 4.11. The number of carbonyl (C=O) groups is 2. The Morgan fingerprint density at radius 1 is 1.42 bits per heavy atom. The predicted octanol–water partition coefficient (Wildman–Crippen LogP) is 1.04. The molecule has 2 rings (SSSR count). The van der Waals surface area contributed by atoms with E-state index in [9.17, 15) is 9.59 Å². The number of fused-ring (bicyclic) bond motifs is 1. The number of cyclic esters (lactones) is 2. The van der Waals surface area contributed by atoms with E-state index in [1.165, 1.54) is 5.57 Å². The second kappa shape index (κ2) is 2.44. The summed E-state index contributed by atoms with van der Waals surface area (Å²) in [5.41, 5.74) is 1.18. The SMILES string of the molecule is CC1=C[C@@H]2C(=O)OC(=O)[C@@H]2CC1. The molecule has 0 N–H and O–H groups in total. The van der Waals surface area contributed by atoms with E-state index in [4.69, 9.17) is 0 Å². The number of ether oxygens (including phenoxy) is 1. The molecule has 64 valence electrons. The lowest BCUT2D eigenvalue weighted by atomic mass is 9.83. The number of carbonyl (C=O) groups excluding carboxylic acids is 2. The van der Waals surface area contributed by atoms with E-state index in [2.05, 4.69) is 4.74 Å². The first-order chi connectivity index (χ1) is 5.68. The van der Waals surface area contributed by atoms with Gasteiger partial charge in [-0.15, -0.1) is 0 Å². The van der Waals surface area contributed by atoms with Crippen molar-refractivity contribution in [3.05, 3.63) is 11.6 Å². The average molecular weight is 166 g/mol. The third kappa shape index (κ3) is 0.967.